The third-order valence-electron chi connectivity index (χ3n) is 2.80. The first-order chi connectivity index (χ1) is 8.89. The van der Waals surface area contributed by atoms with E-state index in [1.807, 2.05) is 32.9 Å². The van der Waals surface area contributed by atoms with Gasteiger partial charge in [-0.1, -0.05) is 6.07 Å². The third-order valence-corrected chi connectivity index (χ3v) is 2.80. The molecule has 0 spiro atoms. The van der Waals surface area contributed by atoms with E-state index in [1.54, 1.807) is 13.2 Å². The van der Waals surface area contributed by atoms with Gasteiger partial charge in [0.15, 0.2) is 6.61 Å². The van der Waals surface area contributed by atoms with Gasteiger partial charge in [0.1, 0.15) is 11.5 Å². The molecule has 1 amide bonds. The number of methoxy groups -OCH3 is 1. The van der Waals surface area contributed by atoms with Crippen molar-refractivity contribution in [3.05, 3.63) is 23.8 Å². The van der Waals surface area contributed by atoms with E-state index >= 15 is 0 Å². The average molecular weight is 266 g/mol. The molecule has 5 heteroatoms. The van der Waals surface area contributed by atoms with Crippen molar-refractivity contribution in [1.29, 1.82) is 0 Å². The largest absolute Gasteiger partial charge is 0.496 e. The third kappa shape index (κ3) is 4.44. The highest BCUT2D eigenvalue weighted by Gasteiger charge is 2.18. The lowest BCUT2D eigenvalue weighted by Gasteiger charge is -2.24. The van der Waals surface area contributed by atoms with Crippen LogP contribution < -0.4 is 20.5 Å². The molecule has 0 aliphatic carbocycles. The Balaban J connectivity index is 2.60. The minimum absolute atomic E-state index is 0.0442. The Morgan fingerprint density at radius 3 is 2.58 bits per heavy atom. The molecule has 0 bridgehead atoms. The second kappa shape index (κ2) is 6.43. The summed E-state index contributed by atoms with van der Waals surface area (Å²) in [6.07, 6.45) is 0. The second-order valence-corrected chi connectivity index (χ2v) is 5.01. The van der Waals surface area contributed by atoms with Crippen molar-refractivity contribution in [1.82, 2.24) is 5.32 Å². The Hall–Kier alpha value is -1.75. The Labute approximate surface area is 114 Å². The predicted molar refractivity (Wildman–Crippen MR) is 74.5 cm³/mol. The van der Waals surface area contributed by atoms with Gasteiger partial charge in [0, 0.05) is 17.6 Å². The summed E-state index contributed by atoms with van der Waals surface area (Å²) in [7, 11) is 1.60. The van der Waals surface area contributed by atoms with Gasteiger partial charge in [0.05, 0.1) is 7.11 Å². The van der Waals surface area contributed by atoms with Gasteiger partial charge in [-0.3, -0.25) is 4.79 Å². The van der Waals surface area contributed by atoms with E-state index in [-0.39, 0.29) is 12.5 Å². The summed E-state index contributed by atoms with van der Waals surface area (Å²) in [5.74, 6) is 1.18. The molecule has 1 aromatic rings. The van der Waals surface area contributed by atoms with Crippen molar-refractivity contribution in [3.8, 4) is 11.5 Å². The molecular weight excluding hydrogens is 244 g/mol. The predicted octanol–water partition coefficient (Wildman–Crippen LogP) is 1.24. The molecule has 1 rings (SSSR count). The first kappa shape index (κ1) is 15.3. The molecule has 0 aliphatic rings. The molecule has 3 N–H and O–H groups in total. The zero-order valence-corrected chi connectivity index (χ0v) is 11.9. The Morgan fingerprint density at radius 2 is 2.00 bits per heavy atom. The molecule has 0 radical (unpaired) electrons. The molecule has 0 heterocycles. The molecule has 0 unspecified atom stereocenters. The topological polar surface area (TPSA) is 73.6 Å². The number of benzene rings is 1. The second-order valence-electron chi connectivity index (χ2n) is 5.01. The molecule has 0 aliphatic heterocycles. The van der Waals surface area contributed by atoms with Crippen molar-refractivity contribution >= 4 is 5.91 Å². The maximum Gasteiger partial charge on any atom is 0.258 e. The highest BCUT2D eigenvalue weighted by atomic mass is 16.5. The molecule has 106 valence electrons. The Kier molecular flexibility index (Phi) is 5.18. The van der Waals surface area contributed by atoms with Gasteiger partial charge in [0.25, 0.3) is 5.91 Å². The van der Waals surface area contributed by atoms with E-state index in [2.05, 4.69) is 5.32 Å². The van der Waals surface area contributed by atoms with Crippen LogP contribution in [0.15, 0.2) is 18.2 Å². The van der Waals surface area contributed by atoms with Crippen LogP contribution in [0.2, 0.25) is 0 Å². The number of carbonyl (C=O) groups is 1. The lowest BCUT2D eigenvalue weighted by atomic mass is 10.1. The molecule has 0 atom stereocenters. The molecule has 5 nitrogen and oxygen atoms in total. The van der Waals surface area contributed by atoms with Crippen LogP contribution in [0.25, 0.3) is 0 Å². The van der Waals surface area contributed by atoms with E-state index in [0.29, 0.717) is 12.3 Å². The van der Waals surface area contributed by atoms with Gasteiger partial charge >= 0.3 is 0 Å². The maximum atomic E-state index is 11.7. The van der Waals surface area contributed by atoms with Crippen molar-refractivity contribution in [3.63, 3.8) is 0 Å². The normalized spacial score (nSPS) is 11.0. The van der Waals surface area contributed by atoms with Crippen molar-refractivity contribution < 1.29 is 14.3 Å². The standard InChI is InChI=1S/C14H22N2O3/c1-10-11(18-4)6-5-7-12(10)19-8-13(17)16-14(2,3)9-15/h5-7H,8-9,15H2,1-4H3,(H,16,17). The van der Waals surface area contributed by atoms with Gasteiger partial charge in [-0.05, 0) is 32.9 Å². The van der Waals surface area contributed by atoms with Gasteiger partial charge in [0.2, 0.25) is 0 Å². The average Bonchev–Trinajstić information content (AvgIpc) is 2.37. The first-order valence-corrected chi connectivity index (χ1v) is 6.17. The van der Waals surface area contributed by atoms with Crippen molar-refractivity contribution in [2.24, 2.45) is 5.73 Å². The van der Waals surface area contributed by atoms with Crippen LogP contribution in [-0.4, -0.2) is 31.7 Å². The number of hydrogen-bond donors (Lipinski definition) is 2. The van der Waals surface area contributed by atoms with E-state index in [1.165, 1.54) is 0 Å². The van der Waals surface area contributed by atoms with Crippen molar-refractivity contribution in [2.75, 3.05) is 20.3 Å². The first-order valence-electron chi connectivity index (χ1n) is 6.17. The van der Waals surface area contributed by atoms with Crippen LogP contribution >= 0.6 is 0 Å². The molecule has 0 saturated heterocycles. The van der Waals surface area contributed by atoms with Gasteiger partial charge in [-0.2, -0.15) is 0 Å². The molecular formula is C14H22N2O3. The molecule has 0 aromatic heterocycles. The number of nitrogens with two attached hydrogens (primary N) is 1. The number of amides is 1. The van der Waals surface area contributed by atoms with Gasteiger partial charge in [-0.15, -0.1) is 0 Å². The van der Waals surface area contributed by atoms with Crippen LogP contribution in [0.1, 0.15) is 19.4 Å². The number of ether oxygens (including phenoxy) is 2. The summed E-state index contributed by atoms with van der Waals surface area (Å²) in [5.41, 5.74) is 6.00. The zero-order chi connectivity index (χ0) is 14.5. The van der Waals surface area contributed by atoms with E-state index in [4.69, 9.17) is 15.2 Å². The highest BCUT2D eigenvalue weighted by Crippen LogP contribution is 2.26. The monoisotopic (exact) mass is 266 g/mol. The summed E-state index contributed by atoms with van der Waals surface area (Å²) >= 11 is 0. The summed E-state index contributed by atoms with van der Waals surface area (Å²) in [6.45, 7) is 5.94. The lowest BCUT2D eigenvalue weighted by Crippen LogP contribution is -2.50. The van der Waals surface area contributed by atoms with Crippen LogP contribution in [0, 0.1) is 6.92 Å². The fourth-order valence-electron chi connectivity index (χ4n) is 1.58. The molecule has 0 saturated carbocycles. The van der Waals surface area contributed by atoms with Crippen LogP contribution in [0.5, 0.6) is 11.5 Å². The lowest BCUT2D eigenvalue weighted by molar-refractivity contribution is -0.124. The Bertz CT molecular complexity index is 444. The quantitative estimate of drug-likeness (QED) is 0.812. The van der Waals surface area contributed by atoms with Crippen LogP contribution in [-0.2, 0) is 4.79 Å². The number of carbonyl (C=O) groups excluding carboxylic acids is 1. The molecule has 0 fully saturated rings. The van der Waals surface area contributed by atoms with E-state index in [0.717, 1.165) is 11.3 Å². The summed E-state index contributed by atoms with van der Waals surface area (Å²) < 4.78 is 10.7. The fraction of sp³-hybridized carbons (Fsp3) is 0.500. The van der Waals surface area contributed by atoms with E-state index in [9.17, 15) is 4.79 Å². The summed E-state index contributed by atoms with van der Waals surface area (Å²) in [5, 5.41) is 2.80. The van der Waals surface area contributed by atoms with Crippen molar-refractivity contribution in [2.45, 2.75) is 26.3 Å². The Morgan fingerprint density at radius 1 is 1.37 bits per heavy atom. The van der Waals surface area contributed by atoms with Crippen LogP contribution in [0.3, 0.4) is 0 Å². The van der Waals surface area contributed by atoms with Gasteiger partial charge < -0.3 is 20.5 Å². The summed E-state index contributed by atoms with van der Waals surface area (Å²) in [4.78, 5) is 11.7. The molecule has 19 heavy (non-hydrogen) atoms. The number of nitrogens with one attached hydrogen (secondary N) is 1. The zero-order valence-electron chi connectivity index (χ0n) is 11.9. The minimum atomic E-state index is -0.427. The smallest absolute Gasteiger partial charge is 0.258 e. The minimum Gasteiger partial charge on any atom is -0.496 e. The molecule has 1 aromatic carbocycles. The highest BCUT2D eigenvalue weighted by molar-refractivity contribution is 5.78. The van der Waals surface area contributed by atoms with Gasteiger partial charge in [-0.25, -0.2) is 0 Å². The number of hydrogen-bond acceptors (Lipinski definition) is 4. The summed E-state index contributed by atoms with van der Waals surface area (Å²) in [6, 6.07) is 5.47. The number of rotatable bonds is 6. The maximum absolute atomic E-state index is 11.7. The van der Waals surface area contributed by atoms with E-state index < -0.39 is 5.54 Å². The fourth-order valence-corrected chi connectivity index (χ4v) is 1.58. The van der Waals surface area contributed by atoms with Crippen LogP contribution in [0.4, 0.5) is 0 Å². The SMILES string of the molecule is COc1cccc(OCC(=O)NC(C)(C)CN)c1C.